The highest BCUT2D eigenvalue weighted by Crippen LogP contribution is 2.09. The standard InChI is InChI=1S/C18H20N2OS/c21-18(11-2-1-9-17-10-6-14-22-17)20-13-4-3-7-16-8-5-12-19-15-16/h1-2,5-6,8-12,14-15H,3-4,7,13H2,(H,20,21). The number of amides is 1. The summed E-state index contributed by atoms with van der Waals surface area (Å²) in [5.41, 5.74) is 1.24. The van der Waals surface area contributed by atoms with Crippen molar-refractivity contribution in [2.24, 2.45) is 0 Å². The molecule has 0 aromatic carbocycles. The molecule has 3 nitrogen and oxygen atoms in total. The number of hydrogen-bond donors (Lipinski definition) is 1. The van der Waals surface area contributed by atoms with Crippen LogP contribution in [0.5, 0.6) is 0 Å². The van der Waals surface area contributed by atoms with Crippen molar-refractivity contribution in [2.75, 3.05) is 6.54 Å². The number of aromatic nitrogens is 1. The molecule has 2 rings (SSSR count). The maximum Gasteiger partial charge on any atom is 0.243 e. The highest BCUT2D eigenvalue weighted by Gasteiger charge is 1.95. The third-order valence-electron chi connectivity index (χ3n) is 3.08. The fourth-order valence-corrected chi connectivity index (χ4v) is 2.58. The van der Waals surface area contributed by atoms with Crippen LogP contribution in [0.4, 0.5) is 0 Å². The van der Waals surface area contributed by atoms with Crippen LogP contribution in [0.1, 0.15) is 23.3 Å². The lowest BCUT2D eigenvalue weighted by Crippen LogP contribution is -2.22. The second-order valence-corrected chi connectivity index (χ2v) is 5.82. The van der Waals surface area contributed by atoms with E-state index in [4.69, 9.17) is 0 Å². The lowest BCUT2D eigenvalue weighted by atomic mass is 10.1. The van der Waals surface area contributed by atoms with E-state index in [9.17, 15) is 4.79 Å². The van der Waals surface area contributed by atoms with Crippen LogP contribution in [-0.2, 0) is 11.2 Å². The molecule has 0 bridgehead atoms. The van der Waals surface area contributed by atoms with E-state index in [-0.39, 0.29) is 5.91 Å². The molecule has 2 aromatic rings. The molecule has 114 valence electrons. The van der Waals surface area contributed by atoms with E-state index in [0.717, 1.165) is 19.3 Å². The van der Waals surface area contributed by atoms with Crippen molar-refractivity contribution in [2.45, 2.75) is 19.3 Å². The number of pyridine rings is 1. The van der Waals surface area contributed by atoms with Gasteiger partial charge in [0.2, 0.25) is 5.91 Å². The molecular formula is C18H20N2OS. The van der Waals surface area contributed by atoms with E-state index in [1.807, 2.05) is 41.9 Å². The van der Waals surface area contributed by atoms with Gasteiger partial charge in [-0.25, -0.2) is 0 Å². The van der Waals surface area contributed by atoms with Crippen LogP contribution in [-0.4, -0.2) is 17.4 Å². The van der Waals surface area contributed by atoms with E-state index < -0.39 is 0 Å². The summed E-state index contributed by atoms with van der Waals surface area (Å²) in [5, 5.41) is 4.92. The number of rotatable bonds is 8. The molecule has 22 heavy (non-hydrogen) atoms. The molecule has 0 saturated heterocycles. The summed E-state index contributed by atoms with van der Waals surface area (Å²) in [6.45, 7) is 0.706. The largest absolute Gasteiger partial charge is 0.353 e. The average Bonchev–Trinajstić information content (AvgIpc) is 3.06. The van der Waals surface area contributed by atoms with Gasteiger partial charge in [0.1, 0.15) is 0 Å². The van der Waals surface area contributed by atoms with E-state index in [2.05, 4.69) is 16.4 Å². The number of aryl methyl sites for hydroxylation is 1. The Hall–Kier alpha value is -2.20. The van der Waals surface area contributed by atoms with Crippen LogP contribution in [0, 0.1) is 0 Å². The molecule has 0 aliphatic carbocycles. The number of nitrogens with zero attached hydrogens (tertiary/aromatic N) is 1. The van der Waals surface area contributed by atoms with E-state index in [1.165, 1.54) is 10.4 Å². The molecule has 0 atom stereocenters. The Morgan fingerprint density at radius 2 is 2.18 bits per heavy atom. The van der Waals surface area contributed by atoms with Gasteiger partial charge in [-0.2, -0.15) is 0 Å². The van der Waals surface area contributed by atoms with Gasteiger partial charge in [-0.05, 0) is 48.4 Å². The Labute approximate surface area is 135 Å². The van der Waals surface area contributed by atoms with Crippen molar-refractivity contribution >= 4 is 23.3 Å². The number of allylic oxidation sites excluding steroid dienone is 2. The lowest BCUT2D eigenvalue weighted by molar-refractivity contribution is -0.116. The topological polar surface area (TPSA) is 42.0 Å². The van der Waals surface area contributed by atoms with Gasteiger partial charge in [0.25, 0.3) is 0 Å². The first-order valence-corrected chi connectivity index (χ1v) is 8.27. The van der Waals surface area contributed by atoms with Crippen LogP contribution in [0.15, 0.2) is 60.3 Å². The van der Waals surface area contributed by atoms with Crippen molar-refractivity contribution < 1.29 is 4.79 Å². The minimum absolute atomic E-state index is 0.0443. The molecular weight excluding hydrogens is 292 g/mol. The van der Waals surface area contributed by atoms with Crippen LogP contribution in [0.2, 0.25) is 0 Å². The average molecular weight is 312 g/mol. The Morgan fingerprint density at radius 3 is 2.95 bits per heavy atom. The lowest BCUT2D eigenvalue weighted by Gasteiger charge is -2.02. The van der Waals surface area contributed by atoms with Gasteiger partial charge < -0.3 is 5.32 Å². The maximum absolute atomic E-state index is 11.6. The minimum Gasteiger partial charge on any atom is -0.353 e. The van der Waals surface area contributed by atoms with Gasteiger partial charge in [0.05, 0.1) is 0 Å². The summed E-state index contributed by atoms with van der Waals surface area (Å²) in [5.74, 6) is -0.0443. The van der Waals surface area contributed by atoms with Gasteiger partial charge in [-0.1, -0.05) is 24.3 Å². The SMILES string of the molecule is O=C(C=CC=Cc1cccs1)NCCCCc1cccnc1. The van der Waals surface area contributed by atoms with Gasteiger partial charge in [0, 0.05) is 29.9 Å². The van der Waals surface area contributed by atoms with Gasteiger partial charge in [-0.15, -0.1) is 11.3 Å². The second kappa shape index (κ2) is 9.68. The summed E-state index contributed by atoms with van der Waals surface area (Å²) >= 11 is 1.67. The van der Waals surface area contributed by atoms with E-state index in [0.29, 0.717) is 6.54 Å². The van der Waals surface area contributed by atoms with Crippen LogP contribution >= 0.6 is 11.3 Å². The number of nitrogens with one attached hydrogen (secondary N) is 1. The number of carbonyl (C=O) groups is 1. The Bertz CT molecular complexity index is 603. The van der Waals surface area contributed by atoms with Crippen molar-refractivity contribution in [1.29, 1.82) is 0 Å². The molecule has 1 N–H and O–H groups in total. The Balaban J connectivity index is 1.56. The number of carbonyl (C=O) groups excluding carboxylic acids is 1. The quantitative estimate of drug-likeness (QED) is 0.457. The van der Waals surface area contributed by atoms with Crippen molar-refractivity contribution in [1.82, 2.24) is 10.3 Å². The summed E-state index contributed by atoms with van der Waals surface area (Å²) in [7, 11) is 0. The first-order valence-electron chi connectivity index (χ1n) is 7.39. The predicted molar refractivity (Wildman–Crippen MR) is 92.7 cm³/mol. The van der Waals surface area contributed by atoms with Crippen molar-refractivity contribution in [3.05, 3.63) is 70.7 Å². The molecule has 0 aliphatic heterocycles. The predicted octanol–water partition coefficient (Wildman–Crippen LogP) is 3.85. The molecule has 0 unspecified atom stereocenters. The smallest absolute Gasteiger partial charge is 0.243 e. The first-order chi connectivity index (χ1) is 10.8. The summed E-state index contributed by atoms with van der Waals surface area (Å²) in [4.78, 5) is 16.9. The monoisotopic (exact) mass is 312 g/mol. The van der Waals surface area contributed by atoms with Gasteiger partial charge in [-0.3, -0.25) is 9.78 Å². The highest BCUT2D eigenvalue weighted by atomic mass is 32.1. The molecule has 2 heterocycles. The Morgan fingerprint density at radius 1 is 1.23 bits per heavy atom. The van der Waals surface area contributed by atoms with E-state index >= 15 is 0 Å². The molecule has 0 spiro atoms. The minimum atomic E-state index is -0.0443. The maximum atomic E-state index is 11.6. The highest BCUT2D eigenvalue weighted by molar-refractivity contribution is 7.10. The van der Waals surface area contributed by atoms with E-state index in [1.54, 1.807) is 29.7 Å². The van der Waals surface area contributed by atoms with Gasteiger partial charge in [0.15, 0.2) is 0 Å². The first kappa shape index (κ1) is 16.2. The molecule has 4 heteroatoms. The number of hydrogen-bond acceptors (Lipinski definition) is 3. The fourth-order valence-electron chi connectivity index (χ4n) is 1.95. The zero-order valence-corrected chi connectivity index (χ0v) is 13.3. The van der Waals surface area contributed by atoms with Crippen LogP contribution in [0.3, 0.4) is 0 Å². The summed E-state index contributed by atoms with van der Waals surface area (Å²) in [6, 6.07) is 8.07. The van der Waals surface area contributed by atoms with Gasteiger partial charge >= 0.3 is 0 Å². The molecule has 0 aliphatic rings. The second-order valence-electron chi connectivity index (χ2n) is 4.84. The molecule has 0 saturated carbocycles. The summed E-state index contributed by atoms with van der Waals surface area (Å²) in [6.07, 6.45) is 13.9. The Kier molecular flexibility index (Phi) is 7.12. The molecule has 1 amide bonds. The fraction of sp³-hybridized carbons (Fsp3) is 0.222. The van der Waals surface area contributed by atoms with Crippen molar-refractivity contribution in [3.8, 4) is 0 Å². The molecule has 0 fully saturated rings. The third kappa shape index (κ3) is 6.50. The number of thiophene rings is 1. The van der Waals surface area contributed by atoms with Crippen LogP contribution < -0.4 is 5.32 Å². The molecule has 0 radical (unpaired) electrons. The summed E-state index contributed by atoms with van der Waals surface area (Å²) < 4.78 is 0. The zero-order chi connectivity index (χ0) is 15.5. The number of unbranched alkanes of at least 4 members (excludes halogenated alkanes) is 1. The van der Waals surface area contributed by atoms with Crippen LogP contribution in [0.25, 0.3) is 6.08 Å². The van der Waals surface area contributed by atoms with Crippen molar-refractivity contribution in [3.63, 3.8) is 0 Å². The third-order valence-corrected chi connectivity index (χ3v) is 3.91. The molecule has 2 aromatic heterocycles. The normalized spacial score (nSPS) is 11.3. The zero-order valence-electron chi connectivity index (χ0n) is 12.4.